The monoisotopic (exact) mass is 216 g/mol. The van der Waals surface area contributed by atoms with E-state index in [0.717, 1.165) is 5.01 Å². The summed E-state index contributed by atoms with van der Waals surface area (Å²) < 4.78 is 0.498. The van der Waals surface area contributed by atoms with Crippen LogP contribution in [0.1, 0.15) is 5.56 Å². The lowest BCUT2D eigenvalue weighted by molar-refractivity contribution is 1.10. The van der Waals surface area contributed by atoms with Crippen molar-refractivity contribution in [2.75, 3.05) is 0 Å². The van der Waals surface area contributed by atoms with Crippen molar-refractivity contribution in [1.82, 2.24) is 10.2 Å². The van der Waals surface area contributed by atoms with Crippen LogP contribution < -0.4 is 0 Å². The number of thiophene rings is 1. The van der Waals surface area contributed by atoms with Gasteiger partial charge in [-0.05, 0) is 35.5 Å². The molecule has 0 bridgehead atoms. The van der Waals surface area contributed by atoms with E-state index in [2.05, 4.69) is 23.2 Å². The maximum absolute atomic E-state index is 5.68. The van der Waals surface area contributed by atoms with Crippen molar-refractivity contribution in [3.05, 3.63) is 21.5 Å². The lowest BCUT2D eigenvalue weighted by Gasteiger charge is -1.88. The van der Waals surface area contributed by atoms with Gasteiger partial charge >= 0.3 is 0 Å². The van der Waals surface area contributed by atoms with Crippen LogP contribution in [0, 0.1) is 6.92 Å². The molecule has 0 amide bonds. The molecule has 0 fully saturated rings. The molecule has 5 heteroatoms. The Bertz CT molecular complexity index is 394. The molecule has 0 radical (unpaired) electrons. The first kappa shape index (κ1) is 8.16. The molecule has 0 spiro atoms. The van der Waals surface area contributed by atoms with Crippen LogP contribution in [0.5, 0.6) is 0 Å². The summed E-state index contributed by atoms with van der Waals surface area (Å²) >= 11 is 8.76. The van der Waals surface area contributed by atoms with E-state index < -0.39 is 0 Å². The molecule has 12 heavy (non-hydrogen) atoms. The fraction of sp³-hybridized carbons (Fsp3) is 0.143. The van der Waals surface area contributed by atoms with Gasteiger partial charge in [0.1, 0.15) is 0 Å². The van der Waals surface area contributed by atoms with E-state index in [9.17, 15) is 0 Å². The first-order valence-corrected chi connectivity index (χ1v) is 5.38. The summed E-state index contributed by atoms with van der Waals surface area (Å²) in [6.07, 6.45) is 0. The summed E-state index contributed by atoms with van der Waals surface area (Å²) in [7, 11) is 0. The molecule has 0 aliphatic heterocycles. The number of aryl methyl sites for hydroxylation is 1. The second kappa shape index (κ2) is 3.12. The topological polar surface area (TPSA) is 25.8 Å². The fourth-order valence-electron chi connectivity index (χ4n) is 0.889. The zero-order chi connectivity index (χ0) is 8.55. The van der Waals surface area contributed by atoms with Gasteiger partial charge in [-0.3, -0.25) is 0 Å². The number of rotatable bonds is 1. The Labute approximate surface area is 82.8 Å². The van der Waals surface area contributed by atoms with Crippen molar-refractivity contribution < 1.29 is 0 Å². The summed E-state index contributed by atoms with van der Waals surface area (Å²) in [5, 5.41) is 10.7. The molecule has 2 heterocycles. The summed E-state index contributed by atoms with van der Waals surface area (Å²) in [6.45, 7) is 2.06. The smallest absolute Gasteiger partial charge is 0.141 e. The van der Waals surface area contributed by atoms with E-state index in [4.69, 9.17) is 11.6 Å². The third-order valence-corrected chi connectivity index (χ3v) is 3.65. The molecule has 0 aliphatic rings. The van der Waals surface area contributed by atoms with Gasteiger partial charge in [0.2, 0.25) is 4.47 Å². The van der Waals surface area contributed by atoms with Crippen LogP contribution in [0.15, 0.2) is 11.4 Å². The highest BCUT2D eigenvalue weighted by Gasteiger charge is 2.08. The number of hydrogen-bond acceptors (Lipinski definition) is 4. The van der Waals surface area contributed by atoms with Gasteiger partial charge in [0.15, 0.2) is 5.01 Å². The molecule has 62 valence electrons. The van der Waals surface area contributed by atoms with Crippen LogP contribution in [0.25, 0.3) is 9.88 Å². The van der Waals surface area contributed by atoms with Crippen LogP contribution in [-0.4, -0.2) is 10.2 Å². The van der Waals surface area contributed by atoms with Crippen molar-refractivity contribution in [2.45, 2.75) is 6.92 Å². The third-order valence-electron chi connectivity index (χ3n) is 1.46. The molecular formula is C7H5ClN2S2. The van der Waals surface area contributed by atoms with Crippen molar-refractivity contribution >= 4 is 34.3 Å². The Balaban J connectivity index is 2.50. The van der Waals surface area contributed by atoms with Gasteiger partial charge in [0, 0.05) is 0 Å². The average Bonchev–Trinajstić information content (AvgIpc) is 2.58. The number of hydrogen-bond donors (Lipinski definition) is 0. The quantitative estimate of drug-likeness (QED) is 0.732. The van der Waals surface area contributed by atoms with Gasteiger partial charge in [-0.25, -0.2) is 0 Å². The Hall–Kier alpha value is -0.450. The number of halogens is 1. The van der Waals surface area contributed by atoms with Gasteiger partial charge in [0.25, 0.3) is 0 Å². The molecule has 0 N–H and O–H groups in total. The largest absolute Gasteiger partial charge is 0.207 e. The minimum absolute atomic E-state index is 0.498. The van der Waals surface area contributed by atoms with Crippen molar-refractivity contribution in [1.29, 1.82) is 0 Å². The Morgan fingerprint density at radius 3 is 2.75 bits per heavy atom. The van der Waals surface area contributed by atoms with Crippen molar-refractivity contribution in [2.24, 2.45) is 0 Å². The van der Waals surface area contributed by atoms with Gasteiger partial charge in [-0.15, -0.1) is 21.5 Å². The van der Waals surface area contributed by atoms with Crippen molar-refractivity contribution in [3.63, 3.8) is 0 Å². The molecule has 0 saturated heterocycles. The average molecular weight is 217 g/mol. The van der Waals surface area contributed by atoms with Crippen LogP contribution in [-0.2, 0) is 0 Å². The summed E-state index contributed by atoms with van der Waals surface area (Å²) in [4.78, 5) is 1.17. The number of nitrogens with zero attached hydrogens (tertiary/aromatic N) is 2. The molecular weight excluding hydrogens is 212 g/mol. The lowest BCUT2D eigenvalue weighted by Crippen LogP contribution is -1.73. The molecule has 2 nitrogen and oxygen atoms in total. The van der Waals surface area contributed by atoms with Gasteiger partial charge in [0.05, 0.1) is 4.88 Å². The number of aromatic nitrogens is 2. The highest BCUT2D eigenvalue weighted by Crippen LogP contribution is 2.32. The molecule has 2 aromatic heterocycles. The van der Waals surface area contributed by atoms with E-state index in [1.807, 2.05) is 5.38 Å². The van der Waals surface area contributed by atoms with Gasteiger partial charge in [-0.2, -0.15) is 0 Å². The molecule has 0 unspecified atom stereocenters. The highest BCUT2D eigenvalue weighted by atomic mass is 35.5. The van der Waals surface area contributed by atoms with Gasteiger partial charge < -0.3 is 0 Å². The van der Waals surface area contributed by atoms with Gasteiger partial charge in [-0.1, -0.05) is 11.3 Å². The summed E-state index contributed by atoms with van der Waals surface area (Å²) in [6, 6.07) is 2.06. The molecule has 2 rings (SSSR count). The van der Waals surface area contributed by atoms with Crippen LogP contribution in [0.4, 0.5) is 0 Å². The molecule has 0 aliphatic carbocycles. The Morgan fingerprint density at radius 1 is 1.42 bits per heavy atom. The van der Waals surface area contributed by atoms with Crippen LogP contribution in [0.3, 0.4) is 0 Å². The van der Waals surface area contributed by atoms with E-state index >= 15 is 0 Å². The lowest BCUT2D eigenvalue weighted by atomic mass is 10.3. The molecule has 0 aromatic carbocycles. The van der Waals surface area contributed by atoms with Crippen molar-refractivity contribution in [3.8, 4) is 9.88 Å². The SMILES string of the molecule is Cc1ccsc1-c1nnc(Cl)s1. The third kappa shape index (κ3) is 1.37. The van der Waals surface area contributed by atoms with E-state index in [1.54, 1.807) is 11.3 Å². The normalized spacial score (nSPS) is 10.5. The Kier molecular flexibility index (Phi) is 2.12. The van der Waals surface area contributed by atoms with E-state index in [1.165, 1.54) is 21.8 Å². The Morgan fingerprint density at radius 2 is 2.25 bits per heavy atom. The minimum Gasteiger partial charge on any atom is -0.141 e. The second-order valence-corrected chi connectivity index (χ2v) is 4.77. The molecule has 0 atom stereocenters. The predicted octanol–water partition coefficient (Wildman–Crippen LogP) is 3.23. The minimum atomic E-state index is 0.498. The first-order valence-electron chi connectivity index (χ1n) is 3.31. The summed E-state index contributed by atoms with van der Waals surface area (Å²) in [5.74, 6) is 0. The highest BCUT2D eigenvalue weighted by molar-refractivity contribution is 7.22. The van der Waals surface area contributed by atoms with Crippen LogP contribution in [0.2, 0.25) is 4.47 Å². The van der Waals surface area contributed by atoms with E-state index in [0.29, 0.717) is 4.47 Å². The fourth-order valence-corrected chi connectivity index (χ4v) is 2.80. The van der Waals surface area contributed by atoms with Crippen LogP contribution >= 0.6 is 34.3 Å². The molecule has 0 saturated carbocycles. The standard InChI is InChI=1S/C7H5ClN2S2/c1-4-2-3-11-5(4)6-9-10-7(8)12-6/h2-3H,1H3. The predicted molar refractivity (Wildman–Crippen MR) is 53.0 cm³/mol. The maximum atomic E-state index is 5.68. The molecule has 2 aromatic rings. The van der Waals surface area contributed by atoms with E-state index in [-0.39, 0.29) is 0 Å². The summed E-state index contributed by atoms with van der Waals surface area (Å²) in [5.41, 5.74) is 1.23. The zero-order valence-corrected chi connectivity index (χ0v) is 8.63. The second-order valence-electron chi connectivity index (χ2n) is 2.29. The first-order chi connectivity index (χ1) is 5.77. The zero-order valence-electron chi connectivity index (χ0n) is 6.24. The maximum Gasteiger partial charge on any atom is 0.207 e.